The monoisotopic (exact) mass is 596 g/mol. The zero-order chi connectivity index (χ0) is 30.9. The maximum atomic E-state index is 13.1. The molecule has 0 aliphatic rings. The number of rotatable bonds is 5. The topological polar surface area (TPSA) is 24.7 Å². The average molecular weight is 597 g/mol. The number of hydrogen-bond acceptors (Lipinski definition) is 2. The van der Waals surface area contributed by atoms with Crippen LogP contribution in [0.5, 0.6) is 0 Å². The molecule has 0 aliphatic carbocycles. The highest BCUT2D eigenvalue weighted by Gasteiger charge is 2.30. The van der Waals surface area contributed by atoms with E-state index in [2.05, 4.69) is 0 Å². The first-order valence-electron chi connectivity index (χ1n) is 13.5. The lowest BCUT2D eigenvalue weighted by Gasteiger charge is -2.16. The number of hydrogen-bond donors (Lipinski definition) is 0. The Labute approximate surface area is 248 Å². The van der Waals surface area contributed by atoms with E-state index in [0.29, 0.717) is 22.5 Å². The van der Waals surface area contributed by atoms with Gasteiger partial charge in [-0.3, -0.25) is 9.98 Å². The molecular formula is C36H22F6N2. The highest BCUT2D eigenvalue weighted by atomic mass is 19.4. The highest BCUT2D eigenvalue weighted by molar-refractivity contribution is 6.13. The summed E-state index contributed by atoms with van der Waals surface area (Å²) >= 11 is 0. The molecule has 0 fully saturated rings. The molecule has 0 amide bonds. The van der Waals surface area contributed by atoms with Crippen molar-refractivity contribution < 1.29 is 26.3 Å². The molecule has 0 unspecified atom stereocenters. The lowest BCUT2D eigenvalue weighted by atomic mass is 9.91. The van der Waals surface area contributed by atoms with Crippen molar-refractivity contribution in [3.63, 3.8) is 0 Å². The van der Waals surface area contributed by atoms with Crippen LogP contribution in [-0.4, -0.2) is 12.4 Å². The number of aliphatic imine (C=N–C) groups is 2. The standard InChI is InChI=1S/C36H22F6N2/c37-35(38,39)27-15-9-23(10-16-27)21-43-31-19-13-25-5-1-3-7-29(25)33(31)34-30-8-4-2-6-26(30)14-20-32(34)44-22-24-11-17-28(18-12-24)36(40,41)42/h1-22H. The van der Waals surface area contributed by atoms with Gasteiger partial charge in [0.25, 0.3) is 0 Å². The lowest BCUT2D eigenvalue weighted by molar-refractivity contribution is -0.138. The van der Waals surface area contributed by atoms with Crippen LogP contribution in [0.4, 0.5) is 37.7 Å². The summed E-state index contributed by atoms with van der Waals surface area (Å²) < 4.78 is 78.4. The van der Waals surface area contributed by atoms with Gasteiger partial charge in [-0.1, -0.05) is 84.9 Å². The second-order valence-electron chi connectivity index (χ2n) is 10.1. The van der Waals surface area contributed by atoms with Crippen LogP contribution in [0.25, 0.3) is 32.7 Å². The Morgan fingerprint density at radius 2 is 0.773 bits per heavy atom. The Hall–Kier alpha value is -5.24. The van der Waals surface area contributed by atoms with Crippen molar-refractivity contribution in [3.05, 3.63) is 144 Å². The number of nitrogens with zero attached hydrogens (tertiary/aromatic N) is 2. The number of halogens is 6. The molecule has 0 heterocycles. The Kier molecular flexibility index (Phi) is 7.51. The van der Waals surface area contributed by atoms with Crippen LogP contribution < -0.4 is 0 Å². The predicted octanol–water partition coefficient (Wildman–Crippen LogP) is 11.2. The first-order chi connectivity index (χ1) is 21.1. The average Bonchev–Trinajstić information content (AvgIpc) is 3.02. The van der Waals surface area contributed by atoms with Crippen LogP contribution in [-0.2, 0) is 12.4 Å². The van der Waals surface area contributed by atoms with Gasteiger partial charge in [0.15, 0.2) is 0 Å². The fourth-order valence-electron chi connectivity index (χ4n) is 5.07. The SMILES string of the molecule is FC(F)(F)c1ccc(C=Nc2ccc3ccccc3c2-c2c(N=Cc3ccc(C(F)(F)F)cc3)ccc3ccccc23)cc1. The Morgan fingerprint density at radius 1 is 0.409 bits per heavy atom. The summed E-state index contributed by atoms with van der Waals surface area (Å²) in [5.41, 5.74) is 2.19. The van der Waals surface area contributed by atoms with Gasteiger partial charge in [-0.2, -0.15) is 26.3 Å². The molecule has 0 aliphatic heterocycles. The minimum absolute atomic E-state index is 0.496. The summed E-state index contributed by atoms with van der Waals surface area (Å²) in [6, 6.07) is 32.6. The summed E-state index contributed by atoms with van der Waals surface area (Å²) in [5.74, 6) is 0. The quantitative estimate of drug-likeness (QED) is 0.140. The zero-order valence-electron chi connectivity index (χ0n) is 22.9. The van der Waals surface area contributed by atoms with Crippen LogP contribution >= 0.6 is 0 Å². The third-order valence-corrected chi connectivity index (χ3v) is 7.25. The molecular weight excluding hydrogens is 574 g/mol. The maximum Gasteiger partial charge on any atom is 0.416 e. The lowest BCUT2D eigenvalue weighted by Crippen LogP contribution is -2.04. The molecule has 6 aromatic rings. The van der Waals surface area contributed by atoms with Crippen molar-refractivity contribution in [2.75, 3.05) is 0 Å². The number of fused-ring (bicyclic) bond motifs is 2. The van der Waals surface area contributed by atoms with Crippen LogP contribution in [0, 0.1) is 0 Å². The summed E-state index contributed by atoms with van der Waals surface area (Å²) in [4.78, 5) is 9.46. The van der Waals surface area contributed by atoms with Crippen molar-refractivity contribution in [2.45, 2.75) is 12.4 Å². The van der Waals surface area contributed by atoms with Gasteiger partial charge >= 0.3 is 12.4 Å². The number of benzene rings is 6. The van der Waals surface area contributed by atoms with E-state index in [0.717, 1.165) is 56.9 Å². The molecule has 2 nitrogen and oxygen atoms in total. The molecule has 0 N–H and O–H groups in total. The minimum Gasteiger partial charge on any atom is -0.256 e. The summed E-state index contributed by atoms with van der Waals surface area (Å²) in [6.07, 6.45) is -5.84. The van der Waals surface area contributed by atoms with Crippen LogP contribution in [0.15, 0.2) is 131 Å². The van der Waals surface area contributed by atoms with Gasteiger partial charge in [-0.25, -0.2) is 0 Å². The van der Waals surface area contributed by atoms with E-state index in [1.54, 1.807) is 0 Å². The minimum atomic E-state index is -4.44. The van der Waals surface area contributed by atoms with Gasteiger partial charge in [0.2, 0.25) is 0 Å². The van der Waals surface area contributed by atoms with Gasteiger partial charge in [-0.05, 0) is 69.1 Å². The van der Waals surface area contributed by atoms with Gasteiger partial charge in [0.05, 0.1) is 22.5 Å². The maximum absolute atomic E-state index is 13.1. The molecule has 0 spiro atoms. The molecule has 0 saturated heterocycles. The fourth-order valence-corrected chi connectivity index (χ4v) is 5.07. The van der Waals surface area contributed by atoms with Crippen molar-refractivity contribution in [1.82, 2.24) is 0 Å². The molecule has 8 heteroatoms. The first-order valence-corrected chi connectivity index (χ1v) is 13.5. The van der Waals surface area contributed by atoms with E-state index < -0.39 is 23.5 Å². The molecule has 6 rings (SSSR count). The van der Waals surface area contributed by atoms with E-state index in [-0.39, 0.29) is 0 Å². The molecule has 218 valence electrons. The second-order valence-corrected chi connectivity index (χ2v) is 10.1. The molecule has 0 radical (unpaired) electrons. The number of alkyl halides is 6. The first kappa shape index (κ1) is 28.9. The molecule has 0 atom stereocenters. The molecule has 0 aromatic heterocycles. The smallest absolute Gasteiger partial charge is 0.256 e. The van der Waals surface area contributed by atoms with Gasteiger partial charge in [0.1, 0.15) is 0 Å². The van der Waals surface area contributed by atoms with Gasteiger partial charge in [0, 0.05) is 23.6 Å². The van der Waals surface area contributed by atoms with E-state index in [4.69, 9.17) is 9.98 Å². The normalized spacial score (nSPS) is 12.6. The molecule has 0 saturated carbocycles. The van der Waals surface area contributed by atoms with Crippen molar-refractivity contribution in [3.8, 4) is 11.1 Å². The van der Waals surface area contributed by atoms with Crippen LogP contribution in [0.3, 0.4) is 0 Å². The van der Waals surface area contributed by atoms with Gasteiger partial charge in [-0.15, -0.1) is 0 Å². The Balaban J connectivity index is 1.51. The summed E-state index contributed by atoms with van der Waals surface area (Å²) in [7, 11) is 0. The summed E-state index contributed by atoms with van der Waals surface area (Å²) in [5, 5.41) is 3.66. The van der Waals surface area contributed by atoms with E-state index in [9.17, 15) is 26.3 Å². The molecule has 44 heavy (non-hydrogen) atoms. The van der Waals surface area contributed by atoms with E-state index in [1.807, 2.05) is 72.8 Å². The second kappa shape index (κ2) is 11.4. The Bertz CT molecular complexity index is 1870. The largest absolute Gasteiger partial charge is 0.416 e. The van der Waals surface area contributed by atoms with Crippen molar-refractivity contribution >= 4 is 45.3 Å². The third kappa shape index (κ3) is 5.97. The van der Waals surface area contributed by atoms with Gasteiger partial charge < -0.3 is 0 Å². The third-order valence-electron chi connectivity index (χ3n) is 7.25. The van der Waals surface area contributed by atoms with Crippen LogP contribution in [0.1, 0.15) is 22.3 Å². The van der Waals surface area contributed by atoms with Crippen molar-refractivity contribution in [2.24, 2.45) is 9.98 Å². The summed E-state index contributed by atoms with van der Waals surface area (Å²) in [6.45, 7) is 0. The van der Waals surface area contributed by atoms with E-state index >= 15 is 0 Å². The van der Waals surface area contributed by atoms with Crippen LogP contribution in [0.2, 0.25) is 0 Å². The Morgan fingerprint density at radius 3 is 1.14 bits per heavy atom. The molecule has 6 aromatic carbocycles. The zero-order valence-corrected chi connectivity index (χ0v) is 22.9. The van der Waals surface area contributed by atoms with Crippen molar-refractivity contribution in [1.29, 1.82) is 0 Å². The predicted molar refractivity (Wildman–Crippen MR) is 164 cm³/mol. The molecule has 0 bridgehead atoms. The van der Waals surface area contributed by atoms with E-state index in [1.165, 1.54) is 36.7 Å². The highest BCUT2D eigenvalue weighted by Crippen LogP contribution is 2.45. The fraction of sp³-hybridized carbons (Fsp3) is 0.0556.